The van der Waals surface area contributed by atoms with Gasteiger partial charge in [-0.05, 0) is 36.4 Å². The van der Waals surface area contributed by atoms with Gasteiger partial charge in [-0.1, -0.05) is 17.7 Å². The number of nitrogens with zero attached hydrogens (tertiary/aromatic N) is 1. The molecule has 6 heteroatoms. The van der Waals surface area contributed by atoms with Crippen molar-refractivity contribution >= 4 is 23.7 Å². The van der Waals surface area contributed by atoms with Crippen molar-refractivity contribution in [2.45, 2.75) is 0 Å². The summed E-state index contributed by atoms with van der Waals surface area (Å²) in [4.78, 5) is 11.9. The number of rotatable bonds is 5. The summed E-state index contributed by atoms with van der Waals surface area (Å²) >= 11 is 5.84. The third-order valence-corrected chi connectivity index (χ3v) is 3.13. The van der Waals surface area contributed by atoms with Gasteiger partial charge in [-0.15, -0.1) is 0 Å². The molecule has 0 bridgehead atoms. The van der Waals surface area contributed by atoms with E-state index in [4.69, 9.17) is 21.1 Å². The molecule has 0 aliphatic heterocycles. The van der Waals surface area contributed by atoms with Gasteiger partial charge in [0.2, 0.25) is 0 Å². The molecule has 0 radical (unpaired) electrons. The van der Waals surface area contributed by atoms with E-state index in [1.54, 1.807) is 56.7 Å². The highest BCUT2D eigenvalue weighted by Gasteiger charge is 2.05. The maximum atomic E-state index is 11.9. The first-order valence-corrected chi connectivity index (χ1v) is 6.83. The summed E-state index contributed by atoms with van der Waals surface area (Å²) in [6, 6.07) is 11.9. The van der Waals surface area contributed by atoms with Crippen molar-refractivity contribution in [3.05, 3.63) is 58.6 Å². The van der Waals surface area contributed by atoms with Gasteiger partial charge in [-0.25, -0.2) is 5.43 Å². The van der Waals surface area contributed by atoms with Crippen molar-refractivity contribution in [2.75, 3.05) is 14.2 Å². The smallest absolute Gasteiger partial charge is 0.271 e. The van der Waals surface area contributed by atoms with Gasteiger partial charge >= 0.3 is 0 Å². The van der Waals surface area contributed by atoms with E-state index in [0.29, 0.717) is 27.6 Å². The Hall–Kier alpha value is -2.53. The second-order valence-corrected chi connectivity index (χ2v) is 4.75. The lowest BCUT2D eigenvalue weighted by atomic mass is 10.2. The maximum absolute atomic E-state index is 11.9. The monoisotopic (exact) mass is 318 g/mol. The Morgan fingerprint density at radius 2 is 2.00 bits per heavy atom. The van der Waals surface area contributed by atoms with Crippen LogP contribution in [0.3, 0.4) is 0 Å². The van der Waals surface area contributed by atoms with E-state index in [9.17, 15) is 4.79 Å². The Morgan fingerprint density at radius 1 is 1.18 bits per heavy atom. The molecular formula is C16H15ClN2O3. The van der Waals surface area contributed by atoms with Crippen LogP contribution < -0.4 is 14.9 Å². The highest BCUT2D eigenvalue weighted by molar-refractivity contribution is 6.30. The quantitative estimate of drug-likeness (QED) is 0.680. The summed E-state index contributed by atoms with van der Waals surface area (Å²) in [5.41, 5.74) is 3.56. The minimum absolute atomic E-state index is 0.347. The predicted octanol–water partition coefficient (Wildman–Crippen LogP) is 3.12. The summed E-state index contributed by atoms with van der Waals surface area (Å²) in [6.07, 6.45) is 1.49. The zero-order chi connectivity index (χ0) is 15.9. The lowest BCUT2D eigenvalue weighted by Crippen LogP contribution is -2.17. The standard InChI is InChI=1S/C16H15ClN2O3/c1-21-14-6-7-15(22-2)12(9-14)10-18-19-16(20)11-4-3-5-13(17)8-11/h3-10H,1-2H3,(H,19,20)/b18-10-. The van der Waals surface area contributed by atoms with Crippen LogP contribution in [-0.2, 0) is 0 Å². The Balaban J connectivity index is 2.10. The van der Waals surface area contributed by atoms with E-state index in [1.165, 1.54) is 6.21 Å². The van der Waals surface area contributed by atoms with Crippen LogP contribution in [0.4, 0.5) is 0 Å². The first kappa shape index (κ1) is 15.9. The van der Waals surface area contributed by atoms with Gasteiger partial charge < -0.3 is 9.47 Å². The van der Waals surface area contributed by atoms with E-state index >= 15 is 0 Å². The number of nitrogens with one attached hydrogen (secondary N) is 1. The minimum Gasteiger partial charge on any atom is -0.497 e. The van der Waals surface area contributed by atoms with Crippen LogP contribution in [-0.4, -0.2) is 26.3 Å². The summed E-state index contributed by atoms with van der Waals surface area (Å²) < 4.78 is 10.4. The first-order valence-electron chi connectivity index (χ1n) is 6.45. The van der Waals surface area contributed by atoms with Crippen LogP contribution in [0.15, 0.2) is 47.6 Å². The molecule has 0 aliphatic rings. The van der Waals surface area contributed by atoms with Crippen molar-refractivity contribution in [3.8, 4) is 11.5 Å². The third kappa shape index (κ3) is 3.99. The van der Waals surface area contributed by atoms with Crippen LogP contribution >= 0.6 is 11.6 Å². The van der Waals surface area contributed by atoms with Gasteiger partial charge in [0.15, 0.2) is 0 Å². The third-order valence-electron chi connectivity index (χ3n) is 2.89. The fourth-order valence-corrected chi connectivity index (χ4v) is 1.99. The maximum Gasteiger partial charge on any atom is 0.271 e. The van der Waals surface area contributed by atoms with Gasteiger partial charge in [0.1, 0.15) is 11.5 Å². The van der Waals surface area contributed by atoms with E-state index in [0.717, 1.165) is 0 Å². The van der Waals surface area contributed by atoms with Gasteiger partial charge in [0.25, 0.3) is 5.91 Å². The summed E-state index contributed by atoms with van der Waals surface area (Å²) in [5.74, 6) is 0.950. The fraction of sp³-hybridized carbons (Fsp3) is 0.125. The van der Waals surface area contributed by atoms with E-state index in [1.807, 2.05) is 0 Å². The number of carbonyl (C=O) groups excluding carboxylic acids is 1. The first-order chi connectivity index (χ1) is 10.6. The SMILES string of the molecule is COc1ccc(OC)c(/C=N\NC(=O)c2cccc(Cl)c2)c1. The molecule has 0 fully saturated rings. The summed E-state index contributed by atoms with van der Waals surface area (Å²) in [5, 5.41) is 4.42. The molecule has 0 spiro atoms. The number of methoxy groups -OCH3 is 2. The topological polar surface area (TPSA) is 59.9 Å². The molecule has 0 atom stereocenters. The molecule has 0 unspecified atom stereocenters. The summed E-state index contributed by atoms with van der Waals surface area (Å²) in [6.45, 7) is 0. The zero-order valence-corrected chi connectivity index (χ0v) is 12.9. The van der Waals surface area contributed by atoms with Gasteiger partial charge in [-0.3, -0.25) is 4.79 Å². The molecule has 1 amide bonds. The molecule has 0 aromatic heterocycles. The molecule has 2 rings (SSSR count). The normalized spacial score (nSPS) is 10.5. The average molecular weight is 319 g/mol. The molecule has 0 heterocycles. The Labute approximate surface area is 133 Å². The average Bonchev–Trinajstić information content (AvgIpc) is 2.54. The molecule has 5 nitrogen and oxygen atoms in total. The number of carbonyl (C=O) groups is 1. The van der Waals surface area contributed by atoms with Crippen molar-refractivity contribution in [2.24, 2.45) is 5.10 Å². The number of benzene rings is 2. The largest absolute Gasteiger partial charge is 0.497 e. The number of ether oxygens (including phenoxy) is 2. The molecule has 114 valence electrons. The van der Waals surface area contributed by atoms with Crippen LogP contribution in [0.1, 0.15) is 15.9 Å². The number of hydrogen-bond acceptors (Lipinski definition) is 4. The van der Waals surface area contributed by atoms with E-state index in [2.05, 4.69) is 10.5 Å². The number of amides is 1. The van der Waals surface area contributed by atoms with Gasteiger partial charge in [0.05, 0.1) is 20.4 Å². The highest BCUT2D eigenvalue weighted by atomic mass is 35.5. The Bertz CT molecular complexity index is 702. The Kier molecular flexibility index (Phi) is 5.38. The molecule has 0 saturated carbocycles. The van der Waals surface area contributed by atoms with Crippen molar-refractivity contribution in [1.29, 1.82) is 0 Å². The van der Waals surface area contributed by atoms with E-state index < -0.39 is 0 Å². The highest BCUT2D eigenvalue weighted by Crippen LogP contribution is 2.22. The fourth-order valence-electron chi connectivity index (χ4n) is 1.80. The van der Waals surface area contributed by atoms with Crippen molar-refractivity contribution < 1.29 is 14.3 Å². The van der Waals surface area contributed by atoms with Gasteiger partial charge in [0, 0.05) is 16.1 Å². The second kappa shape index (κ2) is 7.47. The van der Waals surface area contributed by atoms with Crippen LogP contribution in [0.2, 0.25) is 5.02 Å². The second-order valence-electron chi connectivity index (χ2n) is 4.32. The van der Waals surface area contributed by atoms with Crippen molar-refractivity contribution in [1.82, 2.24) is 5.43 Å². The number of hydrazone groups is 1. The number of hydrogen-bond donors (Lipinski definition) is 1. The Morgan fingerprint density at radius 3 is 2.68 bits per heavy atom. The molecule has 22 heavy (non-hydrogen) atoms. The molecule has 2 aromatic rings. The van der Waals surface area contributed by atoms with Crippen LogP contribution in [0, 0.1) is 0 Å². The van der Waals surface area contributed by atoms with Crippen molar-refractivity contribution in [3.63, 3.8) is 0 Å². The van der Waals surface area contributed by atoms with Gasteiger partial charge in [-0.2, -0.15) is 5.10 Å². The molecule has 0 saturated heterocycles. The lowest BCUT2D eigenvalue weighted by molar-refractivity contribution is 0.0955. The minimum atomic E-state index is -0.347. The summed E-state index contributed by atoms with van der Waals surface area (Å²) in [7, 11) is 3.13. The van der Waals surface area contributed by atoms with Crippen LogP contribution in [0.25, 0.3) is 0 Å². The zero-order valence-electron chi connectivity index (χ0n) is 12.2. The molecular weight excluding hydrogens is 304 g/mol. The molecule has 1 N–H and O–H groups in total. The lowest BCUT2D eigenvalue weighted by Gasteiger charge is -2.06. The molecule has 0 aliphatic carbocycles. The van der Waals surface area contributed by atoms with Crippen LogP contribution in [0.5, 0.6) is 11.5 Å². The molecule has 2 aromatic carbocycles. The van der Waals surface area contributed by atoms with E-state index in [-0.39, 0.29) is 5.91 Å². The number of halogens is 1. The predicted molar refractivity (Wildman–Crippen MR) is 86.1 cm³/mol.